The van der Waals surface area contributed by atoms with Gasteiger partial charge in [0.2, 0.25) is 23.7 Å². The topological polar surface area (TPSA) is 152 Å². The van der Waals surface area contributed by atoms with Gasteiger partial charge in [-0.1, -0.05) is 18.9 Å². The number of benzene rings is 1. The maximum Gasteiger partial charge on any atom is 0.270 e. The van der Waals surface area contributed by atoms with Crippen LogP contribution in [0.4, 0.5) is 28.8 Å². The molecular formula is C41H47N11O4. The Hall–Kier alpha value is -5.57. The first-order valence-electron chi connectivity index (χ1n) is 20.1. The van der Waals surface area contributed by atoms with Crippen molar-refractivity contribution in [3.05, 3.63) is 60.0 Å². The predicted molar refractivity (Wildman–Crippen MR) is 211 cm³/mol. The summed E-state index contributed by atoms with van der Waals surface area (Å²) < 4.78 is 2.12. The third kappa shape index (κ3) is 5.69. The van der Waals surface area contributed by atoms with Gasteiger partial charge in [0.1, 0.15) is 23.2 Å². The Morgan fingerprint density at radius 3 is 2.36 bits per heavy atom. The molecule has 2 aliphatic carbocycles. The molecule has 0 radical (unpaired) electrons. The molecule has 1 unspecified atom stereocenters. The van der Waals surface area contributed by atoms with Gasteiger partial charge in [0.25, 0.3) is 5.91 Å². The molecule has 6 aliphatic rings. The van der Waals surface area contributed by atoms with Crippen LogP contribution in [0.2, 0.25) is 0 Å². The van der Waals surface area contributed by atoms with Gasteiger partial charge in [0.05, 0.1) is 23.0 Å². The van der Waals surface area contributed by atoms with Crippen molar-refractivity contribution in [2.24, 2.45) is 0 Å². The number of hydrogen-bond acceptors (Lipinski definition) is 11. The third-order valence-corrected chi connectivity index (χ3v) is 12.9. The van der Waals surface area contributed by atoms with Gasteiger partial charge in [-0.15, -0.1) is 0 Å². The van der Waals surface area contributed by atoms with Crippen LogP contribution in [0.5, 0.6) is 0 Å². The van der Waals surface area contributed by atoms with Gasteiger partial charge in [0, 0.05) is 94.7 Å². The van der Waals surface area contributed by atoms with Crippen LogP contribution in [0.1, 0.15) is 73.5 Å². The van der Waals surface area contributed by atoms with Gasteiger partial charge in [-0.25, -0.2) is 9.97 Å². The summed E-state index contributed by atoms with van der Waals surface area (Å²) in [6, 6.07) is 12.1. The molecule has 1 aromatic carbocycles. The van der Waals surface area contributed by atoms with E-state index in [-0.39, 0.29) is 36.1 Å². The van der Waals surface area contributed by atoms with Crippen molar-refractivity contribution in [3.8, 4) is 0 Å². The van der Waals surface area contributed by atoms with Gasteiger partial charge in [-0.05, 0) is 62.4 Å². The molecule has 3 saturated heterocycles. The fraction of sp³-hybridized carbons (Fsp3) is 0.488. The van der Waals surface area contributed by atoms with E-state index in [1.807, 2.05) is 30.5 Å². The van der Waals surface area contributed by atoms with E-state index in [1.54, 1.807) is 30.1 Å². The average Bonchev–Trinajstić information content (AvgIpc) is 3.51. The van der Waals surface area contributed by atoms with Crippen molar-refractivity contribution in [1.29, 1.82) is 0 Å². The number of nitrogens with zero attached hydrogens (tertiary/aromatic N) is 9. The number of carbonyl (C=O) groups is 4. The van der Waals surface area contributed by atoms with Crippen molar-refractivity contribution in [2.75, 3.05) is 73.4 Å². The maximum absolute atomic E-state index is 13.9. The summed E-state index contributed by atoms with van der Waals surface area (Å²) in [5, 5.41) is 6.58. The van der Waals surface area contributed by atoms with Crippen LogP contribution in [0.25, 0.3) is 11.0 Å². The number of fused-ring (bicyclic) bond motifs is 3. The summed E-state index contributed by atoms with van der Waals surface area (Å²) in [4.78, 5) is 76.4. The molecule has 4 aliphatic heterocycles. The quantitative estimate of drug-likeness (QED) is 0.254. The number of imide groups is 1. The molecule has 4 aromatic rings. The van der Waals surface area contributed by atoms with Gasteiger partial charge in [0.15, 0.2) is 0 Å². The Labute approximate surface area is 325 Å². The first kappa shape index (κ1) is 34.9. The molecule has 7 heterocycles. The fourth-order valence-corrected chi connectivity index (χ4v) is 9.74. The van der Waals surface area contributed by atoms with E-state index in [0.717, 1.165) is 111 Å². The second-order valence-electron chi connectivity index (χ2n) is 16.5. The van der Waals surface area contributed by atoms with Crippen LogP contribution in [0.15, 0.2) is 48.8 Å². The van der Waals surface area contributed by atoms with E-state index in [0.29, 0.717) is 29.9 Å². The molecule has 4 amide bonds. The molecule has 1 atom stereocenters. The minimum Gasteiger partial charge on any atom is -0.369 e. The summed E-state index contributed by atoms with van der Waals surface area (Å²) in [5.74, 6) is 0.440. The second kappa shape index (κ2) is 13.3. The number of anilines is 5. The molecule has 2 N–H and O–H groups in total. The van der Waals surface area contributed by atoms with Gasteiger partial charge >= 0.3 is 0 Å². The Bertz CT molecular complexity index is 2250. The Kier molecular flexibility index (Phi) is 8.27. The average molecular weight is 758 g/mol. The maximum atomic E-state index is 13.9. The second-order valence-corrected chi connectivity index (χ2v) is 16.5. The summed E-state index contributed by atoms with van der Waals surface area (Å²) in [5.41, 5.74) is 4.97. The number of hydrogen-bond donors (Lipinski definition) is 2. The number of carbonyl (C=O) groups excluding carboxylic acids is 4. The van der Waals surface area contributed by atoms with Crippen molar-refractivity contribution < 1.29 is 19.2 Å². The number of piperazine rings is 1. The lowest BCUT2D eigenvalue weighted by Crippen LogP contribution is -2.63. The lowest BCUT2D eigenvalue weighted by molar-refractivity contribution is -0.135. The van der Waals surface area contributed by atoms with Gasteiger partial charge in [-0.2, -0.15) is 4.98 Å². The predicted octanol–water partition coefficient (Wildman–Crippen LogP) is 3.58. The summed E-state index contributed by atoms with van der Waals surface area (Å²) in [6.07, 6.45) is 10.2. The largest absolute Gasteiger partial charge is 0.369 e. The van der Waals surface area contributed by atoms with Crippen molar-refractivity contribution in [1.82, 2.24) is 34.6 Å². The van der Waals surface area contributed by atoms with Gasteiger partial charge in [-0.3, -0.25) is 34.3 Å². The summed E-state index contributed by atoms with van der Waals surface area (Å²) in [6.45, 7) is 5.45. The zero-order chi connectivity index (χ0) is 38.3. The summed E-state index contributed by atoms with van der Waals surface area (Å²) in [7, 11) is 3.56. The van der Waals surface area contributed by atoms with Crippen LogP contribution in [0, 0.1) is 0 Å². The molecule has 56 heavy (non-hydrogen) atoms. The Balaban J connectivity index is 0.770. The van der Waals surface area contributed by atoms with Crippen LogP contribution >= 0.6 is 0 Å². The van der Waals surface area contributed by atoms with E-state index in [2.05, 4.69) is 47.0 Å². The molecule has 0 bridgehead atoms. The lowest BCUT2D eigenvalue weighted by atomic mass is 9.94. The molecule has 15 nitrogen and oxygen atoms in total. The van der Waals surface area contributed by atoms with Crippen LogP contribution < -0.4 is 25.3 Å². The molecule has 10 rings (SSSR count). The Morgan fingerprint density at radius 1 is 0.893 bits per heavy atom. The van der Waals surface area contributed by atoms with Crippen LogP contribution in [0.3, 0.4) is 0 Å². The highest BCUT2D eigenvalue weighted by molar-refractivity contribution is 6.16. The van der Waals surface area contributed by atoms with Crippen LogP contribution in [-0.2, 0) is 19.8 Å². The van der Waals surface area contributed by atoms with E-state index in [1.165, 1.54) is 0 Å². The number of pyridine rings is 1. The molecule has 3 aromatic heterocycles. The fourth-order valence-electron chi connectivity index (χ4n) is 9.74. The molecular weight excluding hydrogens is 711 g/mol. The first-order valence-corrected chi connectivity index (χ1v) is 20.1. The molecule has 1 spiro atoms. The number of rotatable bonds is 8. The lowest BCUT2D eigenvalue weighted by Gasteiger charge is -2.49. The van der Waals surface area contributed by atoms with E-state index < -0.39 is 11.5 Å². The van der Waals surface area contributed by atoms with E-state index >= 15 is 0 Å². The monoisotopic (exact) mass is 757 g/mol. The van der Waals surface area contributed by atoms with E-state index in [9.17, 15) is 19.2 Å². The molecule has 15 heteroatoms. The van der Waals surface area contributed by atoms with E-state index in [4.69, 9.17) is 9.97 Å². The summed E-state index contributed by atoms with van der Waals surface area (Å²) >= 11 is 0. The number of aromatic nitrogens is 4. The smallest absolute Gasteiger partial charge is 0.270 e. The highest BCUT2D eigenvalue weighted by Gasteiger charge is 2.62. The Morgan fingerprint density at radius 2 is 1.66 bits per heavy atom. The normalized spacial score (nSPS) is 22.5. The SMILES string of the molecule is CN(C)C(=O)c1cc2cnc(Nc3ccc(N4CC(N5CCN(c6cccc7c6C6(CC6)C(=O)N7C6CCC(=O)NC6=O)CC5)C4)cn3)nc2n1C1CCCC1. The molecule has 5 fully saturated rings. The molecule has 290 valence electrons. The standard InChI is InChI=1S/C41H47N11O4/c1-47(2)38(55)32-20-25-21-43-40(46-36(25)51(32)26-6-3-4-7-26)44-33-12-10-27(22-42-33)50-23-28(24-50)48-16-18-49(19-17-48)29-8-5-9-30-35(29)41(14-15-41)39(56)52(30)31-11-13-34(53)45-37(31)54/h5,8-10,12,20-22,26,28,31H,3-4,6-7,11,13-19,23-24H2,1-2H3,(H,45,53,54)(H,42,43,44,46). The minimum absolute atomic E-state index is 0.00829. The highest BCUT2D eigenvalue weighted by Crippen LogP contribution is 2.61. The van der Waals surface area contributed by atoms with Gasteiger partial charge < -0.3 is 24.6 Å². The molecule has 2 saturated carbocycles. The number of piperidine rings is 1. The van der Waals surface area contributed by atoms with Crippen molar-refractivity contribution in [3.63, 3.8) is 0 Å². The number of nitrogens with one attached hydrogen (secondary N) is 2. The first-order chi connectivity index (χ1) is 27.2. The van der Waals surface area contributed by atoms with Crippen molar-refractivity contribution in [2.45, 2.75) is 74.9 Å². The zero-order valence-corrected chi connectivity index (χ0v) is 31.9. The number of amides is 4. The minimum atomic E-state index is -0.644. The highest BCUT2D eigenvalue weighted by atomic mass is 16.2. The zero-order valence-electron chi connectivity index (χ0n) is 31.9. The third-order valence-electron chi connectivity index (χ3n) is 12.9. The van der Waals surface area contributed by atoms with Crippen LogP contribution in [-0.4, -0.2) is 118 Å². The van der Waals surface area contributed by atoms with Crippen molar-refractivity contribution >= 4 is 63.5 Å².